The molecular formula is C13H22N2. The smallest absolute Gasteiger partial charge is 0.0972 e. The third kappa shape index (κ3) is 2.04. The van der Waals surface area contributed by atoms with Crippen molar-refractivity contribution in [2.75, 3.05) is 0 Å². The van der Waals surface area contributed by atoms with Crippen molar-refractivity contribution in [3.05, 3.63) is 0 Å². The van der Waals surface area contributed by atoms with Crippen LogP contribution in [0, 0.1) is 17.8 Å². The summed E-state index contributed by atoms with van der Waals surface area (Å²) in [5.41, 5.74) is 0. The third-order valence-electron chi connectivity index (χ3n) is 4.29. The van der Waals surface area contributed by atoms with Crippen LogP contribution in [0.1, 0.15) is 46.0 Å². The number of amidine groups is 1. The molecule has 0 aromatic carbocycles. The molecule has 0 radical (unpaired) electrons. The van der Waals surface area contributed by atoms with Crippen molar-refractivity contribution in [2.45, 2.75) is 58.0 Å². The molecular weight excluding hydrogens is 184 g/mol. The van der Waals surface area contributed by atoms with Crippen LogP contribution >= 0.6 is 0 Å². The predicted octanol–water partition coefficient (Wildman–Crippen LogP) is 2.59. The lowest BCUT2D eigenvalue weighted by atomic mass is 10.0. The van der Waals surface area contributed by atoms with E-state index in [1.54, 1.807) is 0 Å². The van der Waals surface area contributed by atoms with Gasteiger partial charge in [0.05, 0.1) is 11.9 Å². The maximum Gasteiger partial charge on any atom is 0.0972 e. The number of hydrogen-bond acceptors (Lipinski definition) is 2. The lowest BCUT2D eigenvalue weighted by molar-refractivity contribution is 0.477. The molecule has 2 atom stereocenters. The highest BCUT2D eigenvalue weighted by molar-refractivity contribution is 5.84. The minimum atomic E-state index is 0.534. The molecule has 0 aromatic heterocycles. The number of nitrogens with one attached hydrogen (secondary N) is 1. The van der Waals surface area contributed by atoms with E-state index in [1.165, 1.54) is 37.9 Å². The molecule has 3 rings (SSSR count). The summed E-state index contributed by atoms with van der Waals surface area (Å²) < 4.78 is 0. The molecule has 2 heteroatoms. The number of nitrogens with zero attached hydrogens (tertiary/aromatic N) is 1. The van der Waals surface area contributed by atoms with E-state index in [2.05, 4.69) is 19.2 Å². The molecule has 1 heterocycles. The monoisotopic (exact) mass is 206 g/mol. The second-order valence-corrected chi connectivity index (χ2v) is 5.84. The summed E-state index contributed by atoms with van der Waals surface area (Å²) in [5, 5.41) is 3.75. The minimum Gasteiger partial charge on any atom is -0.371 e. The summed E-state index contributed by atoms with van der Waals surface area (Å²) in [6, 6.07) is 1.31. The van der Waals surface area contributed by atoms with Crippen LogP contribution in [0.3, 0.4) is 0 Å². The van der Waals surface area contributed by atoms with Gasteiger partial charge < -0.3 is 5.32 Å². The Morgan fingerprint density at radius 2 is 1.73 bits per heavy atom. The Balaban J connectivity index is 1.61. The van der Waals surface area contributed by atoms with E-state index in [0.717, 1.165) is 23.8 Å². The molecule has 0 saturated heterocycles. The molecule has 3 aliphatic rings. The largest absolute Gasteiger partial charge is 0.371 e. The number of rotatable bonds is 3. The Morgan fingerprint density at radius 3 is 2.13 bits per heavy atom. The van der Waals surface area contributed by atoms with Gasteiger partial charge in [0, 0.05) is 12.5 Å². The normalized spacial score (nSPS) is 35.8. The summed E-state index contributed by atoms with van der Waals surface area (Å²) in [6.45, 7) is 4.55. The van der Waals surface area contributed by atoms with Gasteiger partial charge in [0.2, 0.25) is 0 Å². The first-order chi connectivity index (χ1) is 7.24. The zero-order chi connectivity index (χ0) is 10.4. The number of hydrogen-bond donors (Lipinski definition) is 1. The van der Waals surface area contributed by atoms with Crippen molar-refractivity contribution >= 4 is 5.84 Å². The van der Waals surface area contributed by atoms with Crippen LogP contribution in [-0.2, 0) is 0 Å². The zero-order valence-electron chi connectivity index (χ0n) is 9.87. The van der Waals surface area contributed by atoms with E-state index < -0.39 is 0 Å². The van der Waals surface area contributed by atoms with Gasteiger partial charge in [0.25, 0.3) is 0 Å². The Hall–Kier alpha value is -0.530. The van der Waals surface area contributed by atoms with Crippen LogP contribution < -0.4 is 5.32 Å². The van der Waals surface area contributed by atoms with Gasteiger partial charge in [-0.2, -0.15) is 0 Å². The molecule has 0 bridgehead atoms. The zero-order valence-corrected chi connectivity index (χ0v) is 9.87. The summed E-state index contributed by atoms with van der Waals surface area (Å²) in [4.78, 5) is 4.74. The van der Waals surface area contributed by atoms with Crippen molar-refractivity contribution in [1.29, 1.82) is 0 Å². The Morgan fingerprint density at radius 1 is 1.13 bits per heavy atom. The quantitative estimate of drug-likeness (QED) is 0.754. The lowest BCUT2D eigenvalue weighted by Crippen LogP contribution is -2.37. The van der Waals surface area contributed by atoms with E-state index in [-0.39, 0.29) is 0 Å². The van der Waals surface area contributed by atoms with Gasteiger partial charge in [0.1, 0.15) is 0 Å². The van der Waals surface area contributed by atoms with E-state index in [9.17, 15) is 0 Å². The van der Waals surface area contributed by atoms with Gasteiger partial charge in [-0.1, -0.05) is 6.92 Å². The van der Waals surface area contributed by atoms with Crippen LogP contribution in [-0.4, -0.2) is 17.9 Å². The van der Waals surface area contributed by atoms with Crippen LogP contribution in [0.4, 0.5) is 0 Å². The third-order valence-corrected chi connectivity index (χ3v) is 4.29. The molecule has 2 nitrogen and oxygen atoms in total. The SMILES string of the molecule is C[C@@H]1CC(NC(C2CC2)C2CC2)=N[C@H]1C. The van der Waals surface area contributed by atoms with E-state index in [4.69, 9.17) is 4.99 Å². The van der Waals surface area contributed by atoms with Crippen LogP contribution in [0.25, 0.3) is 0 Å². The first kappa shape index (κ1) is 9.68. The minimum absolute atomic E-state index is 0.534. The number of aliphatic imine (C=N–C) groups is 1. The van der Waals surface area contributed by atoms with Gasteiger partial charge in [-0.25, -0.2) is 0 Å². The van der Waals surface area contributed by atoms with E-state index in [0.29, 0.717) is 6.04 Å². The van der Waals surface area contributed by atoms with Crippen molar-refractivity contribution < 1.29 is 0 Å². The van der Waals surface area contributed by atoms with Crippen molar-refractivity contribution in [1.82, 2.24) is 5.32 Å². The summed E-state index contributed by atoms with van der Waals surface area (Å²) in [7, 11) is 0. The molecule has 0 aromatic rings. The first-order valence-corrected chi connectivity index (χ1v) is 6.57. The highest BCUT2D eigenvalue weighted by atomic mass is 15.1. The van der Waals surface area contributed by atoms with Gasteiger partial charge in [0.15, 0.2) is 0 Å². The van der Waals surface area contributed by atoms with E-state index in [1.807, 2.05) is 0 Å². The van der Waals surface area contributed by atoms with Crippen molar-refractivity contribution in [3.8, 4) is 0 Å². The standard InChI is InChI=1S/C13H22N2/c1-8-7-12(14-9(8)2)15-13(10-3-4-10)11-5-6-11/h8-11,13H,3-7H2,1-2H3,(H,14,15)/t8-,9+/m1/s1. The maximum absolute atomic E-state index is 4.74. The summed E-state index contributed by atoms with van der Waals surface area (Å²) in [5.74, 6) is 4.00. The van der Waals surface area contributed by atoms with Crippen molar-refractivity contribution in [2.24, 2.45) is 22.7 Å². The predicted molar refractivity (Wildman–Crippen MR) is 63.0 cm³/mol. The molecule has 0 spiro atoms. The molecule has 0 unspecified atom stereocenters. The van der Waals surface area contributed by atoms with Gasteiger partial charge in [-0.15, -0.1) is 0 Å². The Bertz CT molecular complexity index is 264. The second-order valence-electron chi connectivity index (χ2n) is 5.84. The molecule has 1 aliphatic heterocycles. The maximum atomic E-state index is 4.74. The molecule has 0 amide bonds. The van der Waals surface area contributed by atoms with Crippen molar-refractivity contribution in [3.63, 3.8) is 0 Å². The second kappa shape index (κ2) is 3.50. The fourth-order valence-electron chi connectivity index (χ4n) is 2.72. The lowest BCUT2D eigenvalue weighted by Gasteiger charge is -2.18. The van der Waals surface area contributed by atoms with Crippen LogP contribution in [0.5, 0.6) is 0 Å². The fraction of sp³-hybridized carbons (Fsp3) is 0.923. The molecule has 15 heavy (non-hydrogen) atoms. The molecule has 1 N–H and O–H groups in total. The average molecular weight is 206 g/mol. The summed E-state index contributed by atoms with van der Waals surface area (Å²) in [6.07, 6.45) is 6.98. The average Bonchev–Trinajstić information content (AvgIpc) is 3.07. The highest BCUT2D eigenvalue weighted by Gasteiger charge is 2.42. The molecule has 2 saturated carbocycles. The summed E-state index contributed by atoms with van der Waals surface area (Å²) >= 11 is 0. The van der Waals surface area contributed by atoms with Gasteiger partial charge in [-0.3, -0.25) is 4.99 Å². The highest BCUT2D eigenvalue weighted by Crippen LogP contribution is 2.44. The fourth-order valence-corrected chi connectivity index (χ4v) is 2.72. The molecule has 2 aliphatic carbocycles. The van der Waals surface area contributed by atoms with Crippen LogP contribution in [0.2, 0.25) is 0 Å². The Labute approximate surface area is 92.5 Å². The van der Waals surface area contributed by atoms with Gasteiger partial charge >= 0.3 is 0 Å². The molecule has 2 fully saturated rings. The Kier molecular flexibility index (Phi) is 2.26. The van der Waals surface area contributed by atoms with E-state index >= 15 is 0 Å². The van der Waals surface area contributed by atoms with Gasteiger partial charge in [-0.05, 0) is 50.4 Å². The topological polar surface area (TPSA) is 24.4 Å². The van der Waals surface area contributed by atoms with Crippen LogP contribution in [0.15, 0.2) is 4.99 Å². The first-order valence-electron chi connectivity index (χ1n) is 6.57. The molecule has 84 valence electrons.